The molecule has 0 bridgehead atoms. The molecule has 46 heavy (non-hydrogen) atoms. The van der Waals surface area contributed by atoms with Gasteiger partial charge in [-0.3, -0.25) is 14.1 Å². The maximum Gasteiger partial charge on any atom is 0.326 e. The molecule has 5 N–H and O–H groups in total. The van der Waals surface area contributed by atoms with Gasteiger partial charge in [0, 0.05) is 32.4 Å². The molecule has 0 radical (unpaired) electrons. The Bertz CT molecular complexity index is 1360. The standard InChI is InChI=1S/C29H42N6O10S/c1-30-12-4-14-43-16-18-45-19-17-44-15-5-13-31-27(36)11-9-24(29(38)39)34-28(37)23-8-10-26(32-20-23)35-33-21-22-6-2-3-7-25(22)46(40,41)42/h2-3,6-8,10,20,24,30H,4-5,9,11-19,21H2,1H3,(H,31,36)(H,34,37)(H,38,39)(H,40,41,42). The number of carbonyl (C=O) groups excluding carboxylic acids is 2. The van der Waals surface area contributed by atoms with Gasteiger partial charge in [-0.25, -0.2) is 9.78 Å². The van der Waals surface area contributed by atoms with Gasteiger partial charge in [0.25, 0.3) is 16.0 Å². The van der Waals surface area contributed by atoms with Crippen LogP contribution in [0.2, 0.25) is 0 Å². The lowest BCUT2D eigenvalue weighted by Gasteiger charge is -2.14. The lowest BCUT2D eigenvalue weighted by molar-refractivity contribution is -0.139. The summed E-state index contributed by atoms with van der Waals surface area (Å²) in [5.41, 5.74) is 0.294. The number of rotatable bonds is 24. The van der Waals surface area contributed by atoms with Crippen LogP contribution < -0.4 is 16.0 Å². The van der Waals surface area contributed by atoms with Crippen molar-refractivity contribution in [1.29, 1.82) is 0 Å². The molecule has 1 aromatic heterocycles. The van der Waals surface area contributed by atoms with E-state index in [1.54, 1.807) is 6.07 Å². The Kier molecular flexibility index (Phi) is 18.2. The molecule has 1 unspecified atom stereocenters. The molecule has 0 saturated carbocycles. The minimum absolute atomic E-state index is 0.0604. The molecule has 0 saturated heterocycles. The fourth-order valence-corrected chi connectivity index (χ4v) is 4.52. The minimum Gasteiger partial charge on any atom is -0.480 e. The number of hydrogen-bond donors (Lipinski definition) is 5. The molecule has 1 atom stereocenters. The zero-order valence-electron chi connectivity index (χ0n) is 25.7. The van der Waals surface area contributed by atoms with Crippen molar-refractivity contribution in [2.75, 3.05) is 59.8 Å². The molecule has 0 spiro atoms. The lowest BCUT2D eigenvalue weighted by atomic mass is 10.1. The highest BCUT2D eigenvalue weighted by atomic mass is 32.2. The second-order valence-electron chi connectivity index (χ2n) is 9.79. The molecule has 1 aromatic carbocycles. The average molecular weight is 667 g/mol. The van der Waals surface area contributed by atoms with Crippen LogP contribution in [0.4, 0.5) is 5.82 Å². The molecule has 254 valence electrons. The first-order valence-electron chi connectivity index (χ1n) is 14.7. The van der Waals surface area contributed by atoms with E-state index in [1.165, 1.54) is 36.5 Å². The molecule has 2 aromatic rings. The number of carboxylic acid groups (broad SMARTS) is 1. The fraction of sp³-hybridized carbons (Fsp3) is 0.517. The zero-order valence-corrected chi connectivity index (χ0v) is 26.5. The van der Waals surface area contributed by atoms with E-state index in [-0.39, 0.29) is 47.1 Å². The number of carboxylic acids is 1. The Labute approximate surface area is 268 Å². The van der Waals surface area contributed by atoms with E-state index in [4.69, 9.17) is 14.2 Å². The normalized spacial score (nSPS) is 12.2. The maximum atomic E-state index is 12.6. The van der Waals surface area contributed by atoms with Crippen molar-refractivity contribution in [2.24, 2.45) is 10.2 Å². The van der Waals surface area contributed by atoms with Crippen LogP contribution in [-0.2, 0) is 40.5 Å². The van der Waals surface area contributed by atoms with Gasteiger partial charge in [0.1, 0.15) is 6.04 Å². The van der Waals surface area contributed by atoms with Crippen molar-refractivity contribution >= 4 is 33.7 Å². The van der Waals surface area contributed by atoms with Crippen molar-refractivity contribution in [3.63, 3.8) is 0 Å². The first-order valence-corrected chi connectivity index (χ1v) is 16.1. The van der Waals surface area contributed by atoms with Crippen molar-refractivity contribution in [3.05, 3.63) is 53.7 Å². The summed E-state index contributed by atoms with van der Waals surface area (Å²) in [5.74, 6) is -2.23. The van der Waals surface area contributed by atoms with Gasteiger partial charge < -0.3 is 35.3 Å². The predicted molar refractivity (Wildman–Crippen MR) is 165 cm³/mol. The van der Waals surface area contributed by atoms with Crippen molar-refractivity contribution < 1.29 is 46.7 Å². The minimum atomic E-state index is -4.42. The van der Waals surface area contributed by atoms with Crippen LogP contribution >= 0.6 is 0 Å². The molecule has 1 heterocycles. The van der Waals surface area contributed by atoms with Crippen LogP contribution in [0.5, 0.6) is 0 Å². The van der Waals surface area contributed by atoms with Crippen molar-refractivity contribution in [3.8, 4) is 0 Å². The molecular formula is C29H42N6O10S. The highest BCUT2D eigenvalue weighted by molar-refractivity contribution is 7.85. The van der Waals surface area contributed by atoms with Gasteiger partial charge in [0.2, 0.25) is 5.91 Å². The molecule has 2 amide bonds. The van der Waals surface area contributed by atoms with Gasteiger partial charge in [-0.05, 0) is 56.6 Å². The molecule has 0 fully saturated rings. The topological polar surface area (TPSA) is 227 Å². The van der Waals surface area contributed by atoms with Gasteiger partial charge in [-0.15, -0.1) is 5.11 Å². The summed E-state index contributed by atoms with van der Waals surface area (Å²) in [6, 6.07) is 7.21. The number of benzene rings is 1. The number of aliphatic carboxylic acids is 1. The second kappa shape index (κ2) is 21.8. The molecule has 0 aliphatic carbocycles. The summed E-state index contributed by atoms with van der Waals surface area (Å²) in [5, 5.41) is 25.4. The van der Waals surface area contributed by atoms with Gasteiger partial charge in [0.05, 0.1) is 43.4 Å². The van der Waals surface area contributed by atoms with Crippen LogP contribution in [0.15, 0.2) is 57.7 Å². The molecule has 2 rings (SSSR count). The molecule has 0 aliphatic rings. The zero-order chi connectivity index (χ0) is 33.6. The van der Waals surface area contributed by atoms with E-state index >= 15 is 0 Å². The Hall–Kier alpha value is -3.87. The van der Waals surface area contributed by atoms with E-state index < -0.39 is 28.0 Å². The van der Waals surface area contributed by atoms with E-state index in [9.17, 15) is 32.5 Å². The summed E-state index contributed by atoms with van der Waals surface area (Å²) in [4.78, 5) is 40.1. The van der Waals surface area contributed by atoms with Crippen LogP contribution in [0.1, 0.15) is 41.6 Å². The second-order valence-corrected chi connectivity index (χ2v) is 11.2. The number of nitrogens with zero attached hydrogens (tertiary/aromatic N) is 3. The number of pyridine rings is 1. The summed E-state index contributed by atoms with van der Waals surface area (Å²) in [7, 11) is -2.53. The van der Waals surface area contributed by atoms with Gasteiger partial charge in [-0.1, -0.05) is 18.2 Å². The third-order valence-corrected chi connectivity index (χ3v) is 7.14. The number of ether oxygens (including phenoxy) is 3. The summed E-state index contributed by atoms with van der Waals surface area (Å²) in [6.07, 6.45) is 2.46. The maximum absolute atomic E-state index is 12.6. The Morgan fingerprint density at radius 1 is 0.935 bits per heavy atom. The highest BCUT2D eigenvalue weighted by Crippen LogP contribution is 2.17. The average Bonchev–Trinajstić information content (AvgIpc) is 3.03. The van der Waals surface area contributed by atoms with Gasteiger partial charge in [0.15, 0.2) is 5.82 Å². The van der Waals surface area contributed by atoms with Crippen LogP contribution in [0.25, 0.3) is 0 Å². The van der Waals surface area contributed by atoms with Crippen molar-refractivity contribution in [1.82, 2.24) is 20.9 Å². The smallest absolute Gasteiger partial charge is 0.326 e. The fourth-order valence-electron chi connectivity index (χ4n) is 3.81. The number of azo groups is 1. The Balaban J connectivity index is 1.64. The first kappa shape index (κ1) is 38.3. The van der Waals surface area contributed by atoms with Crippen LogP contribution in [0, 0.1) is 0 Å². The largest absolute Gasteiger partial charge is 0.480 e. The summed E-state index contributed by atoms with van der Waals surface area (Å²) >= 11 is 0. The number of aromatic nitrogens is 1. The SMILES string of the molecule is CNCCCOCCOCCOCCCNC(=O)CCC(NC(=O)c1ccc(N=NCc2ccccc2S(=O)(=O)O)nc1)C(=O)O. The highest BCUT2D eigenvalue weighted by Gasteiger charge is 2.22. The van der Waals surface area contributed by atoms with E-state index in [1.807, 2.05) is 7.05 Å². The van der Waals surface area contributed by atoms with E-state index in [2.05, 4.69) is 31.2 Å². The molecule has 0 aliphatic heterocycles. The number of nitrogens with one attached hydrogen (secondary N) is 3. The van der Waals surface area contributed by atoms with Gasteiger partial charge in [-0.2, -0.15) is 13.5 Å². The molecule has 17 heteroatoms. The third kappa shape index (κ3) is 15.9. The first-order chi connectivity index (χ1) is 22.1. The summed E-state index contributed by atoms with van der Waals surface area (Å²) in [6.45, 7) is 4.12. The number of hydrogen-bond acceptors (Lipinski definition) is 12. The molecule has 16 nitrogen and oxygen atoms in total. The van der Waals surface area contributed by atoms with E-state index in [0.29, 0.717) is 52.6 Å². The Morgan fingerprint density at radius 3 is 2.20 bits per heavy atom. The van der Waals surface area contributed by atoms with Gasteiger partial charge >= 0.3 is 5.97 Å². The monoisotopic (exact) mass is 666 g/mol. The van der Waals surface area contributed by atoms with Crippen molar-refractivity contribution in [2.45, 2.75) is 43.2 Å². The third-order valence-electron chi connectivity index (χ3n) is 6.19. The molecular weight excluding hydrogens is 624 g/mol. The Morgan fingerprint density at radius 2 is 1.59 bits per heavy atom. The number of carbonyl (C=O) groups is 3. The van der Waals surface area contributed by atoms with Crippen LogP contribution in [0.3, 0.4) is 0 Å². The van der Waals surface area contributed by atoms with Crippen LogP contribution in [-0.4, -0.2) is 107 Å². The van der Waals surface area contributed by atoms with E-state index in [0.717, 1.165) is 13.0 Å². The predicted octanol–water partition coefficient (Wildman–Crippen LogP) is 1.74. The summed E-state index contributed by atoms with van der Waals surface area (Å²) < 4.78 is 48.6. The lowest BCUT2D eigenvalue weighted by Crippen LogP contribution is -2.41. The quantitative estimate of drug-likeness (QED) is 0.0613. The number of amides is 2.